The monoisotopic (exact) mass is 255 g/mol. The summed E-state index contributed by atoms with van der Waals surface area (Å²) in [5, 5.41) is 1.29. The van der Waals surface area contributed by atoms with Gasteiger partial charge in [-0.1, -0.05) is 13.8 Å². The highest BCUT2D eigenvalue weighted by Crippen LogP contribution is 2.34. The molecule has 0 atom stereocenters. The Morgan fingerprint density at radius 3 is 2.68 bits per heavy atom. The average Bonchev–Trinajstić information content (AvgIpc) is 2.45. The summed E-state index contributed by atoms with van der Waals surface area (Å²) in [4.78, 5) is 4.66. The van der Waals surface area contributed by atoms with Crippen molar-refractivity contribution in [2.24, 2.45) is 0 Å². The van der Waals surface area contributed by atoms with Gasteiger partial charge in [-0.25, -0.2) is 0 Å². The van der Waals surface area contributed by atoms with Crippen LogP contribution in [-0.2, 0) is 12.8 Å². The van der Waals surface area contributed by atoms with Crippen LogP contribution >= 0.6 is 0 Å². The molecule has 2 heteroatoms. The number of fused-ring (bicyclic) bond motifs is 3. The van der Waals surface area contributed by atoms with Gasteiger partial charge in [-0.3, -0.25) is 4.98 Å². The Balaban J connectivity index is 2.26. The fourth-order valence-corrected chi connectivity index (χ4v) is 3.09. The molecule has 0 N–H and O–H groups in total. The summed E-state index contributed by atoms with van der Waals surface area (Å²) in [6.45, 7) is 4.39. The summed E-state index contributed by atoms with van der Waals surface area (Å²) >= 11 is 0. The Hall–Kier alpha value is -1.57. The smallest absolute Gasteiger partial charge is 0.123 e. The highest BCUT2D eigenvalue weighted by molar-refractivity contribution is 5.86. The summed E-state index contributed by atoms with van der Waals surface area (Å²) in [5.74, 6) is 1.46. The first kappa shape index (κ1) is 12.5. The molecule has 0 radical (unpaired) electrons. The van der Waals surface area contributed by atoms with E-state index in [1.54, 1.807) is 7.11 Å². The van der Waals surface area contributed by atoms with Crippen molar-refractivity contribution in [2.75, 3.05) is 7.11 Å². The van der Waals surface area contributed by atoms with Crippen molar-refractivity contribution >= 4 is 10.9 Å². The van der Waals surface area contributed by atoms with Gasteiger partial charge >= 0.3 is 0 Å². The lowest BCUT2D eigenvalue weighted by molar-refractivity contribution is 0.408. The third-order valence-corrected chi connectivity index (χ3v) is 4.17. The molecule has 2 aromatic rings. The first-order valence-corrected chi connectivity index (χ1v) is 7.19. The Morgan fingerprint density at radius 1 is 1.16 bits per heavy atom. The number of ether oxygens (including phenoxy) is 1. The van der Waals surface area contributed by atoms with Gasteiger partial charge in [-0.05, 0) is 60.4 Å². The van der Waals surface area contributed by atoms with E-state index in [0.717, 1.165) is 11.3 Å². The number of methoxy groups -OCH3 is 1. The fraction of sp³-hybridized carbons (Fsp3) is 0.471. The molecule has 0 aliphatic heterocycles. The molecule has 1 aliphatic carbocycles. The minimum absolute atomic E-state index is 0.456. The van der Waals surface area contributed by atoms with E-state index in [1.165, 1.54) is 47.8 Å². The average molecular weight is 255 g/mol. The molecular formula is C17H21NO. The minimum Gasteiger partial charge on any atom is -0.496 e. The largest absolute Gasteiger partial charge is 0.496 e. The van der Waals surface area contributed by atoms with Crippen LogP contribution in [0.4, 0.5) is 0 Å². The molecule has 0 unspecified atom stereocenters. The molecule has 1 aromatic carbocycles. The van der Waals surface area contributed by atoms with Crippen molar-refractivity contribution < 1.29 is 4.74 Å². The maximum atomic E-state index is 5.58. The second kappa shape index (κ2) is 4.84. The van der Waals surface area contributed by atoms with Crippen LogP contribution in [-0.4, -0.2) is 12.1 Å². The predicted octanol–water partition coefficient (Wildman–Crippen LogP) is 4.25. The Bertz CT molecular complexity index is 616. The number of aromatic nitrogens is 1. The quantitative estimate of drug-likeness (QED) is 0.800. The number of hydrogen-bond donors (Lipinski definition) is 0. The van der Waals surface area contributed by atoms with Gasteiger partial charge < -0.3 is 4.74 Å². The van der Waals surface area contributed by atoms with Gasteiger partial charge in [0.1, 0.15) is 5.75 Å². The number of aryl methyl sites for hydroxylation is 2. The van der Waals surface area contributed by atoms with Crippen molar-refractivity contribution in [1.29, 1.82) is 0 Å². The first-order valence-electron chi connectivity index (χ1n) is 7.19. The second-order valence-corrected chi connectivity index (χ2v) is 5.74. The zero-order valence-corrected chi connectivity index (χ0v) is 12.0. The summed E-state index contributed by atoms with van der Waals surface area (Å²) in [5.41, 5.74) is 5.28. The molecule has 0 bridgehead atoms. The van der Waals surface area contributed by atoms with Crippen molar-refractivity contribution in [3.8, 4) is 5.75 Å². The summed E-state index contributed by atoms with van der Waals surface area (Å²) in [6.07, 6.45) is 7.01. The van der Waals surface area contributed by atoms with Gasteiger partial charge in [-0.15, -0.1) is 0 Å². The standard InChI is InChI=1S/C17H21NO/c1-11(2)14-8-16-15(9-17(14)19-3)13-7-5-4-6-12(13)10-18-16/h8-11H,4-7H2,1-3H3. The number of hydrogen-bond acceptors (Lipinski definition) is 2. The molecule has 1 aromatic heterocycles. The van der Waals surface area contributed by atoms with Crippen LogP contribution in [0.3, 0.4) is 0 Å². The lowest BCUT2D eigenvalue weighted by Crippen LogP contribution is -2.05. The van der Waals surface area contributed by atoms with Crippen LogP contribution in [0.1, 0.15) is 49.3 Å². The maximum absolute atomic E-state index is 5.58. The van der Waals surface area contributed by atoms with E-state index in [9.17, 15) is 0 Å². The molecule has 0 fully saturated rings. The highest BCUT2D eigenvalue weighted by Gasteiger charge is 2.16. The third kappa shape index (κ3) is 2.09. The molecule has 100 valence electrons. The number of pyridine rings is 1. The van der Waals surface area contributed by atoms with Gasteiger partial charge in [-0.2, -0.15) is 0 Å². The predicted molar refractivity (Wildman–Crippen MR) is 79.0 cm³/mol. The van der Waals surface area contributed by atoms with Gasteiger partial charge in [0.15, 0.2) is 0 Å². The number of nitrogens with zero attached hydrogens (tertiary/aromatic N) is 1. The van der Waals surface area contributed by atoms with Gasteiger partial charge in [0.05, 0.1) is 12.6 Å². The minimum atomic E-state index is 0.456. The Labute approximate surface area is 114 Å². The van der Waals surface area contributed by atoms with Crippen LogP contribution in [0.2, 0.25) is 0 Å². The van der Waals surface area contributed by atoms with Crippen molar-refractivity contribution in [1.82, 2.24) is 4.98 Å². The van der Waals surface area contributed by atoms with E-state index >= 15 is 0 Å². The second-order valence-electron chi connectivity index (χ2n) is 5.74. The van der Waals surface area contributed by atoms with E-state index in [4.69, 9.17) is 4.74 Å². The van der Waals surface area contributed by atoms with Crippen molar-refractivity contribution in [3.05, 3.63) is 35.0 Å². The summed E-state index contributed by atoms with van der Waals surface area (Å²) in [7, 11) is 1.76. The van der Waals surface area contributed by atoms with Gasteiger partial charge in [0.25, 0.3) is 0 Å². The molecular weight excluding hydrogens is 234 g/mol. The number of rotatable bonds is 2. The molecule has 1 heterocycles. The van der Waals surface area contributed by atoms with Crippen LogP contribution in [0.25, 0.3) is 10.9 Å². The number of benzene rings is 1. The normalized spacial score (nSPS) is 14.7. The summed E-state index contributed by atoms with van der Waals surface area (Å²) in [6, 6.07) is 4.40. The van der Waals surface area contributed by atoms with Crippen LogP contribution < -0.4 is 4.74 Å². The van der Waals surface area contributed by atoms with Crippen molar-refractivity contribution in [2.45, 2.75) is 45.4 Å². The summed E-state index contributed by atoms with van der Waals surface area (Å²) < 4.78 is 5.58. The molecule has 0 amide bonds. The molecule has 0 spiro atoms. The van der Waals surface area contributed by atoms with Gasteiger partial charge in [0.2, 0.25) is 0 Å². The van der Waals surface area contributed by atoms with E-state index in [2.05, 4.69) is 37.2 Å². The van der Waals surface area contributed by atoms with E-state index < -0.39 is 0 Å². The van der Waals surface area contributed by atoms with E-state index in [-0.39, 0.29) is 0 Å². The van der Waals surface area contributed by atoms with Crippen LogP contribution in [0, 0.1) is 0 Å². The molecule has 3 rings (SSSR count). The van der Waals surface area contributed by atoms with E-state index in [1.807, 2.05) is 0 Å². The van der Waals surface area contributed by atoms with Crippen LogP contribution in [0.15, 0.2) is 18.3 Å². The Morgan fingerprint density at radius 2 is 1.95 bits per heavy atom. The maximum Gasteiger partial charge on any atom is 0.123 e. The van der Waals surface area contributed by atoms with Crippen LogP contribution in [0.5, 0.6) is 5.75 Å². The lowest BCUT2D eigenvalue weighted by Gasteiger charge is -2.19. The first-order chi connectivity index (χ1) is 9.20. The fourth-order valence-electron chi connectivity index (χ4n) is 3.09. The molecule has 1 aliphatic rings. The zero-order valence-electron chi connectivity index (χ0n) is 12.0. The molecule has 0 saturated heterocycles. The van der Waals surface area contributed by atoms with E-state index in [0.29, 0.717) is 5.92 Å². The van der Waals surface area contributed by atoms with Crippen molar-refractivity contribution in [3.63, 3.8) is 0 Å². The molecule has 0 saturated carbocycles. The third-order valence-electron chi connectivity index (χ3n) is 4.17. The van der Waals surface area contributed by atoms with Gasteiger partial charge in [0, 0.05) is 11.6 Å². The molecule has 19 heavy (non-hydrogen) atoms. The topological polar surface area (TPSA) is 22.1 Å². The molecule has 2 nitrogen and oxygen atoms in total. The lowest BCUT2D eigenvalue weighted by atomic mass is 9.89. The Kier molecular flexibility index (Phi) is 3.17. The SMILES string of the molecule is COc1cc2c3c(cnc2cc1C(C)C)CCCC3. The highest BCUT2D eigenvalue weighted by atomic mass is 16.5. The zero-order chi connectivity index (χ0) is 13.4.